The molecule has 26 heavy (non-hydrogen) atoms. The molecule has 2 aliphatic heterocycles. The molecule has 8 heteroatoms. The van der Waals surface area contributed by atoms with E-state index in [-0.39, 0.29) is 23.2 Å². The molecule has 2 fully saturated rings. The lowest BCUT2D eigenvalue weighted by atomic mass is 10.2. The van der Waals surface area contributed by atoms with Gasteiger partial charge in [-0.2, -0.15) is 4.31 Å². The van der Waals surface area contributed by atoms with Gasteiger partial charge in [0.15, 0.2) is 0 Å². The summed E-state index contributed by atoms with van der Waals surface area (Å²) in [4.78, 5) is 17.3. The molecule has 0 spiro atoms. The number of amides is 1. The first-order chi connectivity index (χ1) is 11.9. The number of hydrogen-bond acceptors (Lipinski definition) is 4. The zero-order valence-electron chi connectivity index (χ0n) is 15.4. The summed E-state index contributed by atoms with van der Waals surface area (Å²) in [6.45, 7) is 8.53. The molecule has 0 aromatic heterocycles. The highest BCUT2D eigenvalue weighted by Crippen LogP contribution is 2.27. The molecule has 1 aromatic rings. The van der Waals surface area contributed by atoms with Crippen LogP contribution in [0.2, 0.25) is 0 Å². The molecule has 1 amide bonds. The van der Waals surface area contributed by atoms with Gasteiger partial charge in [0.2, 0.25) is 15.9 Å². The highest BCUT2D eigenvalue weighted by atomic mass is 35.5. The van der Waals surface area contributed by atoms with Gasteiger partial charge < -0.3 is 9.80 Å². The Hall–Kier alpha value is -1.15. The van der Waals surface area contributed by atoms with Gasteiger partial charge in [0, 0.05) is 32.7 Å². The summed E-state index contributed by atoms with van der Waals surface area (Å²) in [5, 5.41) is 0. The Morgan fingerprint density at radius 3 is 2.27 bits per heavy atom. The zero-order chi connectivity index (χ0) is 18.0. The van der Waals surface area contributed by atoms with Crippen LogP contribution < -0.4 is 0 Å². The van der Waals surface area contributed by atoms with E-state index in [1.54, 1.807) is 24.3 Å². The smallest absolute Gasteiger partial charge is 0.243 e. The molecular formula is C18H28ClN3O3S. The first-order valence-corrected chi connectivity index (χ1v) is 10.5. The summed E-state index contributed by atoms with van der Waals surface area (Å²) < 4.78 is 27.4. The monoisotopic (exact) mass is 401 g/mol. The number of halogens is 1. The normalized spacial score (nSPS) is 22.2. The number of sulfonamides is 1. The Labute approximate surface area is 162 Å². The number of aryl methyl sites for hydroxylation is 1. The second kappa shape index (κ2) is 8.69. The molecule has 2 saturated heterocycles. The predicted octanol–water partition coefficient (Wildman–Crippen LogP) is 1.73. The number of likely N-dealkylation sites (N-methyl/N-ethyl adjacent to an activating group) is 1. The Balaban J connectivity index is 0.00000243. The average Bonchev–Trinajstić information content (AvgIpc) is 3.12. The molecule has 0 saturated carbocycles. The van der Waals surface area contributed by atoms with Crippen LogP contribution in [0.3, 0.4) is 0 Å². The summed E-state index contributed by atoms with van der Waals surface area (Å²) in [7, 11) is -3.63. The van der Waals surface area contributed by atoms with Crippen LogP contribution in [0.15, 0.2) is 29.2 Å². The Morgan fingerprint density at radius 1 is 1.08 bits per heavy atom. The average molecular weight is 402 g/mol. The summed E-state index contributed by atoms with van der Waals surface area (Å²) >= 11 is 0. The molecule has 2 heterocycles. The van der Waals surface area contributed by atoms with Crippen molar-refractivity contribution in [3.05, 3.63) is 29.8 Å². The quantitative estimate of drug-likeness (QED) is 0.770. The van der Waals surface area contributed by atoms with Crippen LogP contribution in [0.4, 0.5) is 0 Å². The van der Waals surface area contributed by atoms with E-state index in [1.165, 1.54) is 4.31 Å². The van der Waals surface area contributed by atoms with Crippen molar-refractivity contribution in [2.45, 2.75) is 37.6 Å². The molecule has 0 radical (unpaired) electrons. The Kier molecular flexibility index (Phi) is 7.07. The number of rotatable bonds is 4. The van der Waals surface area contributed by atoms with Crippen LogP contribution in [0.1, 0.15) is 25.3 Å². The standard InChI is InChI=1S/C18H27N3O3S.ClH/c1-3-19-11-13-20(14-12-19)18(22)17-5-4-10-21(17)25(23,24)16-8-6-15(2)7-9-16;/h6-9,17H,3-5,10-14H2,1-2H3;1H. The van der Waals surface area contributed by atoms with Crippen LogP contribution in [0.5, 0.6) is 0 Å². The molecule has 1 unspecified atom stereocenters. The molecule has 6 nitrogen and oxygen atoms in total. The molecule has 0 bridgehead atoms. The zero-order valence-corrected chi connectivity index (χ0v) is 17.1. The van der Waals surface area contributed by atoms with Crippen LogP contribution in [0, 0.1) is 6.92 Å². The molecule has 1 atom stereocenters. The van der Waals surface area contributed by atoms with Crippen molar-refractivity contribution in [3.8, 4) is 0 Å². The maximum absolute atomic E-state index is 13.0. The lowest BCUT2D eigenvalue weighted by Gasteiger charge is -2.36. The summed E-state index contributed by atoms with van der Waals surface area (Å²) in [5.74, 6) is -0.0380. The van der Waals surface area contributed by atoms with E-state index >= 15 is 0 Å². The van der Waals surface area contributed by atoms with Gasteiger partial charge in [0.25, 0.3) is 0 Å². The van der Waals surface area contributed by atoms with E-state index in [4.69, 9.17) is 0 Å². The van der Waals surface area contributed by atoms with E-state index in [0.717, 1.165) is 31.6 Å². The Morgan fingerprint density at radius 2 is 1.69 bits per heavy atom. The van der Waals surface area contributed by atoms with Crippen molar-refractivity contribution in [3.63, 3.8) is 0 Å². The van der Waals surface area contributed by atoms with Gasteiger partial charge >= 0.3 is 0 Å². The van der Waals surface area contributed by atoms with E-state index in [1.807, 2.05) is 11.8 Å². The number of piperazine rings is 1. The third kappa shape index (κ3) is 4.22. The lowest BCUT2D eigenvalue weighted by molar-refractivity contribution is -0.136. The largest absolute Gasteiger partial charge is 0.339 e. The van der Waals surface area contributed by atoms with Crippen molar-refractivity contribution >= 4 is 28.3 Å². The first kappa shape index (κ1) is 21.2. The SMILES string of the molecule is CCN1CCN(C(=O)C2CCCN2S(=O)(=O)c2ccc(C)cc2)CC1.Cl. The van der Waals surface area contributed by atoms with E-state index in [2.05, 4.69) is 11.8 Å². The fourth-order valence-corrected chi connectivity index (χ4v) is 5.27. The maximum Gasteiger partial charge on any atom is 0.243 e. The van der Waals surface area contributed by atoms with Crippen LogP contribution in [-0.4, -0.2) is 73.7 Å². The summed E-state index contributed by atoms with van der Waals surface area (Å²) in [6.07, 6.45) is 1.34. The molecule has 2 aliphatic rings. The molecule has 3 rings (SSSR count). The van der Waals surface area contributed by atoms with Crippen molar-refractivity contribution in [1.82, 2.24) is 14.1 Å². The fourth-order valence-electron chi connectivity index (χ4n) is 3.62. The van der Waals surface area contributed by atoms with E-state index in [9.17, 15) is 13.2 Å². The van der Waals surface area contributed by atoms with Crippen LogP contribution in [0.25, 0.3) is 0 Å². The van der Waals surface area contributed by atoms with Crippen molar-refractivity contribution in [2.24, 2.45) is 0 Å². The van der Waals surface area contributed by atoms with Crippen LogP contribution in [-0.2, 0) is 14.8 Å². The van der Waals surface area contributed by atoms with Gasteiger partial charge in [0.05, 0.1) is 4.90 Å². The maximum atomic E-state index is 13.0. The molecular weight excluding hydrogens is 374 g/mol. The number of carbonyl (C=O) groups is 1. The van der Waals surface area contributed by atoms with Crippen molar-refractivity contribution < 1.29 is 13.2 Å². The van der Waals surface area contributed by atoms with Crippen LogP contribution >= 0.6 is 12.4 Å². The van der Waals surface area contributed by atoms with Crippen molar-refractivity contribution in [1.29, 1.82) is 0 Å². The van der Waals surface area contributed by atoms with Gasteiger partial charge in [-0.05, 0) is 38.4 Å². The number of benzene rings is 1. The highest BCUT2D eigenvalue weighted by molar-refractivity contribution is 7.89. The van der Waals surface area contributed by atoms with E-state index < -0.39 is 16.1 Å². The third-order valence-corrected chi connectivity index (χ3v) is 7.17. The van der Waals surface area contributed by atoms with Gasteiger partial charge in [-0.25, -0.2) is 8.42 Å². The summed E-state index contributed by atoms with van der Waals surface area (Å²) in [5.41, 5.74) is 1.02. The number of hydrogen-bond donors (Lipinski definition) is 0. The number of nitrogens with zero attached hydrogens (tertiary/aromatic N) is 3. The van der Waals surface area contributed by atoms with E-state index in [0.29, 0.717) is 26.1 Å². The topological polar surface area (TPSA) is 60.9 Å². The summed E-state index contributed by atoms with van der Waals surface area (Å²) in [6, 6.07) is 6.29. The van der Waals surface area contributed by atoms with Gasteiger partial charge in [-0.1, -0.05) is 24.6 Å². The minimum absolute atomic E-state index is 0. The minimum Gasteiger partial charge on any atom is -0.339 e. The lowest BCUT2D eigenvalue weighted by Crippen LogP contribution is -2.54. The molecule has 1 aromatic carbocycles. The number of carbonyl (C=O) groups excluding carboxylic acids is 1. The second-order valence-corrected chi connectivity index (χ2v) is 8.74. The van der Waals surface area contributed by atoms with Crippen molar-refractivity contribution in [2.75, 3.05) is 39.3 Å². The molecule has 146 valence electrons. The first-order valence-electron chi connectivity index (χ1n) is 9.03. The third-order valence-electron chi connectivity index (χ3n) is 5.25. The fraction of sp³-hybridized carbons (Fsp3) is 0.611. The van der Waals surface area contributed by atoms with Gasteiger partial charge in [0.1, 0.15) is 6.04 Å². The van der Waals surface area contributed by atoms with Gasteiger partial charge in [-0.15, -0.1) is 12.4 Å². The molecule has 0 aliphatic carbocycles. The second-order valence-electron chi connectivity index (χ2n) is 6.85. The predicted molar refractivity (Wildman–Crippen MR) is 104 cm³/mol. The Bertz CT molecular complexity index is 716. The minimum atomic E-state index is -3.63. The van der Waals surface area contributed by atoms with Gasteiger partial charge in [-0.3, -0.25) is 4.79 Å². The highest BCUT2D eigenvalue weighted by Gasteiger charge is 2.41. The molecule has 0 N–H and O–H groups in total.